The van der Waals surface area contributed by atoms with Crippen molar-refractivity contribution >= 4 is 21.4 Å². The molecule has 1 saturated carbocycles. The van der Waals surface area contributed by atoms with Gasteiger partial charge in [-0.3, -0.25) is 10.1 Å². The molecule has 2 unspecified atom stereocenters. The lowest BCUT2D eigenvalue weighted by atomic mass is 10.1. The second-order valence-electron chi connectivity index (χ2n) is 6.81. The van der Waals surface area contributed by atoms with Crippen molar-refractivity contribution < 1.29 is 13.3 Å². The third-order valence-corrected chi connectivity index (χ3v) is 6.85. The van der Waals surface area contributed by atoms with Gasteiger partial charge in [-0.2, -0.15) is 4.31 Å². The Labute approximate surface area is 142 Å². The molecule has 7 nitrogen and oxygen atoms in total. The van der Waals surface area contributed by atoms with Crippen molar-refractivity contribution in [2.24, 2.45) is 5.92 Å². The predicted molar refractivity (Wildman–Crippen MR) is 91.5 cm³/mol. The standard InChI is InChI=1S/C16H23N3O4S/c1-12-4-5-13(10-12)17-15-7-6-14(19(20)21)11-16(15)24(22,23)18-8-2-3-9-18/h6-7,11-13,17H,2-5,8-10H2,1H3. The van der Waals surface area contributed by atoms with Crippen molar-refractivity contribution in [2.45, 2.75) is 50.0 Å². The third kappa shape index (κ3) is 3.39. The molecular weight excluding hydrogens is 330 g/mol. The number of nitrogens with one attached hydrogen (secondary N) is 1. The van der Waals surface area contributed by atoms with E-state index >= 15 is 0 Å². The van der Waals surface area contributed by atoms with Crippen LogP contribution in [0.4, 0.5) is 11.4 Å². The van der Waals surface area contributed by atoms with Gasteiger partial charge >= 0.3 is 0 Å². The molecule has 1 N–H and O–H groups in total. The first kappa shape index (κ1) is 17.2. The number of sulfonamides is 1. The first-order valence-corrected chi connectivity index (χ1v) is 9.87. The smallest absolute Gasteiger partial charge is 0.270 e. The Bertz CT molecular complexity index is 729. The summed E-state index contributed by atoms with van der Waals surface area (Å²) in [5.41, 5.74) is 0.282. The zero-order valence-corrected chi connectivity index (χ0v) is 14.6. The fourth-order valence-corrected chi connectivity index (χ4v) is 5.27. The van der Waals surface area contributed by atoms with E-state index in [1.807, 2.05) is 0 Å². The minimum Gasteiger partial charge on any atom is -0.381 e. The molecule has 1 aromatic rings. The molecule has 3 rings (SSSR count). The number of rotatable bonds is 5. The number of hydrogen-bond acceptors (Lipinski definition) is 5. The number of benzene rings is 1. The molecule has 24 heavy (non-hydrogen) atoms. The summed E-state index contributed by atoms with van der Waals surface area (Å²) in [7, 11) is -3.71. The van der Waals surface area contributed by atoms with Crippen LogP contribution in [0.25, 0.3) is 0 Å². The summed E-state index contributed by atoms with van der Waals surface area (Å²) in [6, 6.07) is 4.30. The minimum absolute atomic E-state index is 0.0261. The summed E-state index contributed by atoms with van der Waals surface area (Å²) in [5, 5.41) is 14.4. The van der Waals surface area contributed by atoms with Crippen LogP contribution >= 0.6 is 0 Å². The van der Waals surface area contributed by atoms with Crippen molar-refractivity contribution in [3.63, 3.8) is 0 Å². The van der Waals surface area contributed by atoms with Gasteiger partial charge in [0, 0.05) is 31.3 Å². The predicted octanol–water partition coefficient (Wildman–Crippen LogP) is 2.98. The summed E-state index contributed by atoms with van der Waals surface area (Å²) in [4.78, 5) is 10.6. The minimum atomic E-state index is -3.71. The van der Waals surface area contributed by atoms with E-state index in [4.69, 9.17) is 0 Å². The van der Waals surface area contributed by atoms with Gasteiger partial charge in [-0.15, -0.1) is 0 Å². The fraction of sp³-hybridized carbons (Fsp3) is 0.625. The van der Waals surface area contributed by atoms with E-state index < -0.39 is 14.9 Å². The largest absolute Gasteiger partial charge is 0.381 e. The zero-order valence-electron chi connectivity index (χ0n) is 13.8. The molecule has 0 spiro atoms. The Morgan fingerprint density at radius 2 is 1.96 bits per heavy atom. The van der Waals surface area contributed by atoms with Gasteiger partial charge in [-0.05, 0) is 44.1 Å². The molecule has 2 fully saturated rings. The van der Waals surface area contributed by atoms with Gasteiger partial charge in [0.2, 0.25) is 10.0 Å². The maximum Gasteiger partial charge on any atom is 0.270 e. The van der Waals surface area contributed by atoms with E-state index in [1.54, 1.807) is 0 Å². The van der Waals surface area contributed by atoms with E-state index in [2.05, 4.69) is 12.2 Å². The van der Waals surface area contributed by atoms with Crippen molar-refractivity contribution in [1.29, 1.82) is 0 Å². The van der Waals surface area contributed by atoms with Crippen molar-refractivity contribution in [1.82, 2.24) is 4.31 Å². The summed E-state index contributed by atoms with van der Waals surface area (Å²) >= 11 is 0. The van der Waals surface area contributed by atoms with Crippen LogP contribution in [0.5, 0.6) is 0 Å². The third-order valence-electron chi connectivity index (χ3n) is 4.91. The maximum absolute atomic E-state index is 12.9. The molecule has 2 atom stereocenters. The zero-order chi connectivity index (χ0) is 17.3. The number of anilines is 1. The lowest BCUT2D eigenvalue weighted by Gasteiger charge is -2.21. The molecule has 1 aliphatic heterocycles. The molecule has 0 aromatic heterocycles. The van der Waals surface area contributed by atoms with Gasteiger partial charge in [0.15, 0.2) is 0 Å². The van der Waals surface area contributed by atoms with E-state index in [0.717, 1.165) is 32.1 Å². The van der Waals surface area contributed by atoms with E-state index in [-0.39, 0.29) is 16.6 Å². The van der Waals surface area contributed by atoms with Gasteiger partial charge in [0.25, 0.3) is 5.69 Å². The highest BCUT2D eigenvalue weighted by molar-refractivity contribution is 7.89. The second-order valence-corrected chi connectivity index (χ2v) is 8.71. The van der Waals surface area contributed by atoms with Crippen molar-refractivity contribution in [3.05, 3.63) is 28.3 Å². The molecule has 0 bridgehead atoms. The second kappa shape index (κ2) is 6.68. The lowest BCUT2D eigenvalue weighted by molar-refractivity contribution is -0.385. The Morgan fingerprint density at radius 3 is 2.54 bits per heavy atom. The van der Waals surface area contributed by atoms with Crippen molar-refractivity contribution in [3.8, 4) is 0 Å². The van der Waals surface area contributed by atoms with E-state index in [1.165, 1.54) is 22.5 Å². The fourth-order valence-electron chi connectivity index (χ4n) is 3.58. The molecule has 8 heteroatoms. The van der Waals surface area contributed by atoms with E-state index in [9.17, 15) is 18.5 Å². The average Bonchev–Trinajstić information content (AvgIpc) is 3.19. The van der Waals surface area contributed by atoms with Crippen LogP contribution in [0.2, 0.25) is 0 Å². The van der Waals surface area contributed by atoms with Crippen LogP contribution in [-0.4, -0.2) is 36.8 Å². The molecule has 2 aliphatic rings. The Morgan fingerprint density at radius 1 is 1.25 bits per heavy atom. The molecule has 0 amide bonds. The average molecular weight is 353 g/mol. The Kier molecular flexibility index (Phi) is 4.78. The molecule has 1 saturated heterocycles. The maximum atomic E-state index is 12.9. The monoisotopic (exact) mass is 353 g/mol. The van der Waals surface area contributed by atoms with Gasteiger partial charge < -0.3 is 5.32 Å². The highest BCUT2D eigenvalue weighted by atomic mass is 32.2. The topological polar surface area (TPSA) is 92.5 Å². The number of non-ortho nitro benzene ring substituents is 1. The summed E-state index contributed by atoms with van der Waals surface area (Å²) in [5.74, 6) is 0.610. The SMILES string of the molecule is CC1CCC(Nc2ccc([N+](=O)[O-])cc2S(=O)(=O)N2CCCC2)C1. The molecule has 0 radical (unpaired) electrons. The normalized spacial score (nSPS) is 25.0. The van der Waals surface area contributed by atoms with Crippen LogP contribution in [0.15, 0.2) is 23.1 Å². The van der Waals surface area contributed by atoms with Crippen LogP contribution in [-0.2, 0) is 10.0 Å². The van der Waals surface area contributed by atoms with Crippen molar-refractivity contribution in [2.75, 3.05) is 18.4 Å². The van der Waals surface area contributed by atoms with Crippen LogP contribution in [0.3, 0.4) is 0 Å². The molecule has 1 heterocycles. The summed E-state index contributed by atoms with van der Waals surface area (Å²) < 4.78 is 27.3. The van der Waals surface area contributed by atoms with Gasteiger partial charge in [-0.25, -0.2) is 8.42 Å². The van der Waals surface area contributed by atoms with Crippen LogP contribution in [0.1, 0.15) is 39.0 Å². The van der Waals surface area contributed by atoms with Gasteiger partial charge in [0.05, 0.1) is 10.6 Å². The molecule has 1 aromatic carbocycles. The van der Waals surface area contributed by atoms with Crippen LogP contribution in [0, 0.1) is 16.0 Å². The lowest BCUT2D eigenvalue weighted by Crippen LogP contribution is -2.29. The Hall–Kier alpha value is -1.67. The Balaban J connectivity index is 1.97. The van der Waals surface area contributed by atoms with Crippen LogP contribution < -0.4 is 5.32 Å². The molecule has 1 aliphatic carbocycles. The number of nitrogens with zero attached hydrogens (tertiary/aromatic N) is 2. The summed E-state index contributed by atoms with van der Waals surface area (Å²) in [6.07, 6.45) is 4.74. The summed E-state index contributed by atoms with van der Waals surface area (Å²) in [6.45, 7) is 3.13. The number of nitro groups is 1. The molecular formula is C16H23N3O4S. The first-order valence-electron chi connectivity index (χ1n) is 8.43. The molecule has 132 valence electrons. The number of hydrogen-bond donors (Lipinski definition) is 1. The van der Waals surface area contributed by atoms with E-state index in [0.29, 0.717) is 24.7 Å². The highest BCUT2D eigenvalue weighted by Gasteiger charge is 2.32. The number of nitro benzene ring substituents is 1. The van der Waals surface area contributed by atoms with Gasteiger partial charge in [0.1, 0.15) is 4.90 Å². The highest BCUT2D eigenvalue weighted by Crippen LogP contribution is 2.34. The van der Waals surface area contributed by atoms with Gasteiger partial charge in [-0.1, -0.05) is 6.92 Å². The first-order chi connectivity index (χ1) is 11.4. The quantitative estimate of drug-likeness (QED) is 0.649.